The van der Waals surface area contributed by atoms with E-state index in [2.05, 4.69) is 127 Å². The van der Waals surface area contributed by atoms with Crippen molar-refractivity contribution in [1.82, 2.24) is 9.55 Å². The summed E-state index contributed by atoms with van der Waals surface area (Å²) < 4.78 is 8.72. The fraction of sp³-hybridized carbons (Fsp3) is 0.103. The van der Waals surface area contributed by atoms with Gasteiger partial charge in [0.05, 0.1) is 33.5 Å². The number of fused-ring (bicyclic) bond motifs is 6. The molecule has 3 aromatic heterocycles. The van der Waals surface area contributed by atoms with Crippen LogP contribution in [-0.2, 0) is 6.42 Å². The molecule has 0 aliphatic heterocycles. The second-order valence-electron chi connectivity index (χ2n) is 11.0. The van der Waals surface area contributed by atoms with E-state index in [1.807, 2.05) is 12.1 Å². The maximum Gasteiger partial charge on any atom is 0.137 e. The monoisotopic (exact) mass is 542 g/mol. The van der Waals surface area contributed by atoms with Crippen molar-refractivity contribution in [2.75, 3.05) is 0 Å². The van der Waals surface area contributed by atoms with Crippen LogP contribution in [0, 0.1) is 0 Å². The highest BCUT2D eigenvalue weighted by Gasteiger charge is 2.20. The predicted molar refractivity (Wildman–Crippen MR) is 175 cm³/mol. The molecule has 0 fully saturated rings. The molecule has 0 bridgehead atoms. The van der Waals surface area contributed by atoms with Gasteiger partial charge in [-0.05, 0) is 66.9 Å². The highest BCUT2D eigenvalue weighted by atomic mass is 16.3. The van der Waals surface area contributed by atoms with Crippen molar-refractivity contribution in [1.29, 1.82) is 0 Å². The van der Waals surface area contributed by atoms with Crippen molar-refractivity contribution in [3.8, 4) is 28.2 Å². The first-order chi connectivity index (χ1) is 20.8. The molecule has 0 atom stereocenters. The van der Waals surface area contributed by atoms with Gasteiger partial charge in [0.1, 0.15) is 11.2 Å². The van der Waals surface area contributed by atoms with Crippen LogP contribution in [0.25, 0.3) is 71.9 Å². The lowest BCUT2D eigenvalue weighted by Gasteiger charge is -2.11. The summed E-state index contributed by atoms with van der Waals surface area (Å²) in [5.41, 5.74) is 10.9. The second kappa shape index (κ2) is 10.0. The van der Waals surface area contributed by atoms with Crippen LogP contribution in [0.3, 0.4) is 0 Å². The molecule has 42 heavy (non-hydrogen) atoms. The van der Waals surface area contributed by atoms with Crippen molar-refractivity contribution in [2.24, 2.45) is 0 Å². The number of furan rings is 1. The number of hydrogen-bond acceptors (Lipinski definition) is 2. The molecule has 0 unspecified atom stereocenters. The van der Waals surface area contributed by atoms with Gasteiger partial charge in [0.15, 0.2) is 0 Å². The van der Waals surface area contributed by atoms with Crippen LogP contribution in [0.1, 0.15) is 25.3 Å². The summed E-state index contributed by atoms with van der Waals surface area (Å²) >= 11 is 0. The molecule has 3 heteroatoms. The minimum Gasteiger partial charge on any atom is -0.456 e. The fourth-order valence-corrected chi connectivity index (χ4v) is 6.42. The maximum atomic E-state index is 6.30. The van der Waals surface area contributed by atoms with Crippen molar-refractivity contribution in [3.63, 3.8) is 0 Å². The average Bonchev–Trinajstić information content (AvgIpc) is 3.60. The second-order valence-corrected chi connectivity index (χ2v) is 11.0. The molecule has 0 N–H and O–H groups in total. The van der Waals surface area contributed by atoms with E-state index < -0.39 is 0 Å². The molecule has 0 saturated carbocycles. The number of para-hydroxylation sites is 1. The first-order valence-corrected chi connectivity index (χ1v) is 14.8. The molecule has 5 aromatic carbocycles. The minimum atomic E-state index is 0.900. The van der Waals surface area contributed by atoms with Crippen LogP contribution in [0.15, 0.2) is 132 Å². The molecule has 0 aliphatic rings. The largest absolute Gasteiger partial charge is 0.456 e. The van der Waals surface area contributed by atoms with E-state index in [0.29, 0.717) is 0 Å². The zero-order valence-electron chi connectivity index (χ0n) is 23.5. The molecule has 3 heterocycles. The fourth-order valence-electron chi connectivity index (χ4n) is 6.42. The van der Waals surface area contributed by atoms with Crippen molar-refractivity contribution >= 4 is 43.7 Å². The van der Waals surface area contributed by atoms with Gasteiger partial charge in [-0.3, -0.25) is 0 Å². The quantitative estimate of drug-likeness (QED) is 0.209. The molecule has 0 amide bonds. The third-order valence-corrected chi connectivity index (χ3v) is 8.39. The normalized spacial score (nSPS) is 11.7. The highest BCUT2D eigenvalue weighted by molar-refractivity contribution is 6.18. The van der Waals surface area contributed by atoms with Crippen LogP contribution in [-0.4, -0.2) is 9.55 Å². The molecular weight excluding hydrogens is 512 g/mol. The Bertz CT molecular complexity index is 2240. The first kappa shape index (κ1) is 24.6. The van der Waals surface area contributed by atoms with Gasteiger partial charge in [0.25, 0.3) is 0 Å². The third-order valence-electron chi connectivity index (χ3n) is 8.39. The lowest BCUT2D eigenvalue weighted by molar-refractivity contribution is 0.669. The van der Waals surface area contributed by atoms with Gasteiger partial charge < -0.3 is 8.98 Å². The number of benzene rings is 5. The molecule has 0 spiro atoms. The lowest BCUT2D eigenvalue weighted by Crippen LogP contribution is -1.95. The van der Waals surface area contributed by atoms with E-state index in [-0.39, 0.29) is 0 Å². The Labute approximate surface area is 244 Å². The molecule has 0 radical (unpaired) electrons. The number of aryl methyl sites for hydroxylation is 1. The zero-order valence-corrected chi connectivity index (χ0v) is 23.5. The Morgan fingerprint density at radius 2 is 1.40 bits per heavy atom. The Balaban J connectivity index is 1.45. The number of aromatic nitrogens is 2. The number of rotatable bonds is 6. The molecular formula is C39H30N2O. The summed E-state index contributed by atoms with van der Waals surface area (Å²) in [7, 11) is 0. The predicted octanol–water partition coefficient (Wildman–Crippen LogP) is 10.8. The lowest BCUT2D eigenvalue weighted by atomic mass is 10.00. The van der Waals surface area contributed by atoms with Crippen LogP contribution in [0.2, 0.25) is 0 Å². The van der Waals surface area contributed by atoms with E-state index in [1.165, 1.54) is 40.2 Å². The topological polar surface area (TPSA) is 31.0 Å². The number of nitrogens with zero attached hydrogens (tertiary/aromatic N) is 2. The van der Waals surface area contributed by atoms with Crippen molar-refractivity contribution in [2.45, 2.75) is 26.2 Å². The summed E-state index contributed by atoms with van der Waals surface area (Å²) in [5.74, 6) is 0. The van der Waals surface area contributed by atoms with Crippen LogP contribution >= 0.6 is 0 Å². The van der Waals surface area contributed by atoms with E-state index >= 15 is 0 Å². The van der Waals surface area contributed by atoms with Gasteiger partial charge in [-0.1, -0.05) is 92.2 Å². The molecule has 8 rings (SSSR count). The summed E-state index contributed by atoms with van der Waals surface area (Å²) in [5, 5.41) is 4.75. The molecule has 3 nitrogen and oxygen atoms in total. The van der Waals surface area contributed by atoms with Gasteiger partial charge >= 0.3 is 0 Å². The molecule has 202 valence electrons. The molecule has 8 aromatic rings. The van der Waals surface area contributed by atoms with E-state index in [4.69, 9.17) is 9.40 Å². The first-order valence-electron chi connectivity index (χ1n) is 14.8. The average molecular weight is 543 g/mol. The Hall–Kier alpha value is -5.15. The van der Waals surface area contributed by atoms with E-state index in [9.17, 15) is 0 Å². The van der Waals surface area contributed by atoms with Crippen molar-refractivity contribution in [3.05, 3.63) is 133 Å². The summed E-state index contributed by atoms with van der Waals surface area (Å²) in [6.45, 7) is 2.25. The molecule has 0 aliphatic carbocycles. The van der Waals surface area contributed by atoms with Crippen LogP contribution in [0.4, 0.5) is 0 Å². The number of pyridine rings is 1. The Kier molecular flexibility index (Phi) is 5.89. The molecule has 0 saturated heterocycles. The van der Waals surface area contributed by atoms with E-state index in [1.54, 1.807) is 0 Å². The van der Waals surface area contributed by atoms with Crippen molar-refractivity contribution < 1.29 is 4.42 Å². The van der Waals surface area contributed by atoms with Gasteiger partial charge in [0.2, 0.25) is 0 Å². The van der Waals surface area contributed by atoms with E-state index in [0.717, 1.165) is 56.6 Å². The summed E-state index contributed by atoms with van der Waals surface area (Å²) in [4.78, 5) is 5.18. The van der Waals surface area contributed by atoms with Gasteiger partial charge in [-0.2, -0.15) is 0 Å². The van der Waals surface area contributed by atoms with Gasteiger partial charge in [-0.25, -0.2) is 4.98 Å². The van der Waals surface area contributed by atoms with Gasteiger partial charge in [0, 0.05) is 27.3 Å². The van der Waals surface area contributed by atoms with Crippen LogP contribution < -0.4 is 0 Å². The zero-order chi connectivity index (χ0) is 28.0. The highest BCUT2D eigenvalue weighted by Crippen LogP contribution is 2.42. The minimum absolute atomic E-state index is 0.900. The summed E-state index contributed by atoms with van der Waals surface area (Å²) in [6, 6.07) is 45.1. The third kappa shape index (κ3) is 3.93. The smallest absolute Gasteiger partial charge is 0.137 e. The Morgan fingerprint density at radius 1 is 0.619 bits per heavy atom. The number of unbranched alkanes of at least 4 members (excludes halogenated alkanes) is 1. The maximum absolute atomic E-state index is 6.30. The SMILES string of the molecule is CCCCc1ccc2c(c1)c1c(-c3cccc(-c4ccccc4)n3)cccc1n2-c1cccc2oc3ccccc3c12. The Morgan fingerprint density at radius 3 is 2.31 bits per heavy atom. The van der Waals surface area contributed by atoms with Crippen LogP contribution in [0.5, 0.6) is 0 Å². The number of hydrogen-bond donors (Lipinski definition) is 0. The van der Waals surface area contributed by atoms with Gasteiger partial charge in [-0.15, -0.1) is 0 Å². The standard InChI is InChI=1S/C39H30N2O/c1-2-3-12-26-23-24-33-30(25-26)38-28(32-18-10-17-31(40-32)27-13-5-4-6-14-27)16-9-19-34(38)41(33)35-20-11-22-37-39(35)29-15-7-8-21-36(29)42-37/h4-11,13-25H,2-3,12H2,1H3. The summed E-state index contributed by atoms with van der Waals surface area (Å²) in [6.07, 6.45) is 3.43.